The molecule has 29 heavy (non-hydrogen) atoms. The summed E-state index contributed by atoms with van der Waals surface area (Å²) < 4.78 is 5.01. The molecular formula is C23H29N3O3. The summed E-state index contributed by atoms with van der Waals surface area (Å²) in [7, 11) is 0. The van der Waals surface area contributed by atoms with Crippen molar-refractivity contribution in [3.8, 4) is 0 Å². The number of anilines is 1. The third-order valence-electron chi connectivity index (χ3n) is 5.40. The van der Waals surface area contributed by atoms with Crippen LogP contribution in [0.4, 0.5) is 5.82 Å². The number of pyridine rings is 1. The fourth-order valence-electron chi connectivity index (χ4n) is 3.63. The van der Waals surface area contributed by atoms with Gasteiger partial charge in [0.15, 0.2) is 0 Å². The predicted octanol–water partition coefficient (Wildman–Crippen LogP) is 3.27. The van der Waals surface area contributed by atoms with Gasteiger partial charge in [-0.2, -0.15) is 0 Å². The van der Waals surface area contributed by atoms with E-state index >= 15 is 0 Å². The van der Waals surface area contributed by atoms with Crippen LogP contribution in [0.1, 0.15) is 43.1 Å². The van der Waals surface area contributed by atoms with Crippen LogP contribution in [0.25, 0.3) is 0 Å². The lowest BCUT2D eigenvalue weighted by Crippen LogP contribution is -2.45. The number of rotatable bonds is 5. The van der Waals surface area contributed by atoms with Gasteiger partial charge in [0.05, 0.1) is 17.6 Å². The van der Waals surface area contributed by atoms with E-state index in [4.69, 9.17) is 4.74 Å². The number of benzene rings is 1. The van der Waals surface area contributed by atoms with Crippen LogP contribution in [0.5, 0.6) is 0 Å². The average molecular weight is 396 g/mol. The van der Waals surface area contributed by atoms with E-state index in [1.165, 1.54) is 0 Å². The second-order valence-electron chi connectivity index (χ2n) is 7.75. The van der Waals surface area contributed by atoms with Crippen LogP contribution >= 0.6 is 0 Å². The number of ether oxygens (including phenoxy) is 1. The molecule has 0 saturated carbocycles. The number of aromatic nitrogens is 1. The smallest absolute Gasteiger partial charge is 0.339 e. The highest BCUT2D eigenvalue weighted by molar-refractivity contribution is 5.89. The Kier molecular flexibility index (Phi) is 6.52. The van der Waals surface area contributed by atoms with Crippen molar-refractivity contribution >= 4 is 17.7 Å². The maximum Gasteiger partial charge on any atom is 0.339 e. The fourth-order valence-corrected chi connectivity index (χ4v) is 3.63. The zero-order valence-corrected chi connectivity index (χ0v) is 17.4. The molecular weight excluding hydrogens is 366 g/mol. The lowest BCUT2D eigenvalue weighted by Gasteiger charge is -2.31. The van der Waals surface area contributed by atoms with Gasteiger partial charge < -0.3 is 14.5 Å². The van der Waals surface area contributed by atoms with Crippen LogP contribution in [-0.2, 0) is 14.9 Å². The largest absolute Gasteiger partial charge is 0.462 e. The molecule has 3 rings (SSSR count). The summed E-state index contributed by atoms with van der Waals surface area (Å²) in [5.41, 5.74) is 0.921. The molecule has 1 aliphatic heterocycles. The summed E-state index contributed by atoms with van der Waals surface area (Å²) >= 11 is 0. The number of hydrogen-bond acceptors (Lipinski definition) is 5. The van der Waals surface area contributed by atoms with Crippen LogP contribution in [0, 0.1) is 0 Å². The standard InChI is InChI=1S/C23H29N3O3/c1-4-29-21(27)18-11-12-20(24-17-18)25-13-8-14-26(16-15-25)22(28)23(2,3)19-9-6-5-7-10-19/h5-7,9-12,17H,4,8,13-16H2,1-3H3. The average Bonchev–Trinajstić information content (AvgIpc) is 3.00. The monoisotopic (exact) mass is 395 g/mol. The predicted molar refractivity (Wildman–Crippen MR) is 113 cm³/mol. The third kappa shape index (κ3) is 4.75. The van der Waals surface area contributed by atoms with Crippen LogP contribution < -0.4 is 4.90 Å². The Bertz CT molecular complexity index is 834. The van der Waals surface area contributed by atoms with Gasteiger partial charge in [0.1, 0.15) is 5.82 Å². The Hall–Kier alpha value is -2.89. The minimum Gasteiger partial charge on any atom is -0.462 e. The first-order valence-electron chi connectivity index (χ1n) is 10.2. The van der Waals surface area contributed by atoms with Crippen molar-refractivity contribution in [3.63, 3.8) is 0 Å². The van der Waals surface area contributed by atoms with Gasteiger partial charge in [-0.05, 0) is 44.9 Å². The molecule has 1 amide bonds. The zero-order chi connectivity index (χ0) is 20.9. The number of esters is 1. The molecule has 0 atom stereocenters. The second kappa shape index (κ2) is 9.07. The molecule has 2 aromatic rings. The van der Waals surface area contributed by atoms with E-state index in [0.717, 1.165) is 30.9 Å². The Morgan fingerprint density at radius 2 is 1.79 bits per heavy atom. The highest BCUT2D eigenvalue weighted by Crippen LogP contribution is 2.26. The Labute approximate surface area is 172 Å². The number of hydrogen-bond donors (Lipinski definition) is 0. The summed E-state index contributed by atoms with van der Waals surface area (Å²) in [6.07, 6.45) is 2.43. The highest BCUT2D eigenvalue weighted by Gasteiger charge is 2.34. The quantitative estimate of drug-likeness (QED) is 0.727. The Morgan fingerprint density at radius 1 is 1.03 bits per heavy atom. The fraction of sp³-hybridized carbons (Fsp3) is 0.435. The Balaban J connectivity index is 1.66. The summed E-state index contributed by atoms with van der Waals surface area (Å²) in [6, 6.07) is 13.5. The van der Waals surface area contributed by atoms with E-state index in [-0.39, 0.29) is 11.9 Å². The van der Waals surface area contributed by atoms with Gasteiger partial charge in [-0.15, -0.1) is 0 Å². The van der Waals surface area contributed by atoms with Crippen LogP contribution in [0.15, 0.2) is 48.7 Å². The van der Waals surface area contributed by atoms with Gasteiger partial charge in [0, 0.05) is 32.4 Å². The maximum absolute atomic E-state index is 13.2. The van der Waals surface area contributed by atoms with Crippen molar-refractivity contribution in [2.24, 2.45) is 0 Å². The molecule has 0 bridgehead atoms. The van der Waals surface area contributed by atoms with Gasteiger partial charge >= 0.3 is 5.97 Å². The number of nitrogens with zero attached hydrogens (tertiary/aromatic N) is 3. The molecule has 1 aromatic carbocycles. The Morgan fingerprint density at radius 3 is 2.45 bits per heavy atom. The first-order chi connectivity index (χ1) is 13.9. The van der Waals surface area contributed by atoms with E-state index in [2.05, 4.69) is 9.88 Å². The van der Waals surface area contributed by atoms with Crippen LogP contribution in [0.2, 0.25) is 0 Å². The van der Waals surface area contributed by atoms with Crippen molar-refractivity contribution < 1.29 is 14.3 Å². The molecule has 154 valence electrons. The number of amides is 1. The zero-order valence-electron chi connectivity index (χ0n) is 17.4. The van der Waals surface area contributed by atoms with Gasteiger partial charge in [-0.25, -0.2) is 9.78 Å². The lowest BCUT2D eigenvalue weighted by atomic mass is 9.83. The lowest BCUT2D eigenvalue weighted by molar-refractivity contribution is -0.136. The SMILES string of the molecule is CCOC(=O)c1ccc(N2CCCN(C(=O)C(C)(C)c3ccccc3)CC2)nc1. The van der Waals surface area contributed by atoms with E-state index < -0.39 is 5.41 Å². The summed E-state index contributed by atoms with van der Waals surface area (Å²) in [4.78, 5) is 33.6. The van der Waals surface area contributed by atoms with Gasteiger partial charge in [0.2, 0.25) is 5.91 Å². The highest BCUT2D eigenvalue weighted by atomic mass is 16.5. The number of carbonyl (C=O) groups is 2. The molecule has 6 heteroatoms. The van der Waals surface area contributed by atoms with Gasteiger partial charge in [0.25, 0.3) is 0 Å². The minimum absolute atomic E-state index is 0.149. The molecule has 0 unspecified atom stereocenters. The van der Waals surface area contributed by atoms with E-state index in [1.807, 2.05) is 55.1 Å². The molecule has 1 fully saturated rings. The molecule has 0 radical (unpaired) electrons. The molecule has 0 aliphatic carbocycles. The molecule has 6 nitrogen and oxygen atoms in total. The van der Waals surface area contributed by atoms with E-state index in [0.29, 0.717) is 25.3 Å². The van der Waals surface area contributed by atoms with Crippen molar-refractivity contribution in [2.75, 3.05) is 37.7 Å². The first-order valence-corrected chi connectivity index (χ1v) is 10.2. The van der Waals surface area contributed by atoms with Gasteiger partial charge in [-0.3, -0.25) is 4.79 Å². The molecule has 2 heterocycles. The van der Waals surface area contributed by atoms with Crippen molar-refractivity contribution in [1.82, 2.24) is 9.88 Å². The first kappa shape index (κ1) is 20.8. The third-order valence-corrected chi connectivity index (χ3v) is 5.40. The summed E-state index contributed by atoms with van der Waals surface area (Å²) in [5, 5.41) is 0. The number of carbonyl (C=O) groups excluding carboxylic acids is 2. The molecule has 0 spiro atoms. The summed E-state index contributed by atoms with van der Waals surface area (Å²) in [5.74, 6) is 0.605. The molecule has 1 aromatic heterocycles. The van der Waals surface area contributed by atoms with E-state index in [1.54, 1.807) is 19.2 Å². The topological polar surface area (TPSA) is 62.7 Å². The van der Waals surface area contributed by atoms with Crippen molar-refractivity contribution in [3.05, 3.63) is 59.8 Å². The van der Waals surface area contributed by atoms with Crippen molar-refractivity contribution in [1.29, 1.82) is 0 Å². The molecule has 1 aliphatic rings. The second-order valence-corrected chi connectivity index (χ2v) is 7.75. The normalized spacial score (nSPS) is 15.0. The van der Waals surface area contributed by atoms with E-state index in [9.17, 15) is 9.59 Å². The van der Waals surface area contributed by atoms with Crippen molar-refractivity contribution in [2.45, 2.75) is 32.6 Å². The molecule has 1 saturated heterocycles. The van der Waals surface area contributed by atoms with Crippen LogP contribution in [-0.4, -0.2) is 54.5 Å². The maximum atomic E-state index is 13.2. The van der Waals surface area contributed by atoms with Gasteiger partial charge in [-0.1, -0.05) is 30.3 Å². The van der Waals surface area contributed by atoms with Crippen LogP contribution in [0.3, 0.4) is 0 Å². The minimum atomic E-state index is -0.560. The molecule has 0 N–H and O–H groups in total. The summed E-state index contributed by atoms with van der Waals surface area (Å²) in [6.45, 7) is 9.01.